The summed E-state index contributed by atoms with van der Waals surface area (Å²) in [6, 6.07) is 2.03. The molecule has 21 heavy (non-hydrogen) atoms. The zero-order chi connectivity index (χ0) is 15.5. The fraction of sp³-hybridized carbons (Fsp3) is 0.688. The highest BCUT2D eigenvalue weighted by Crippen LogP contribution is 2.27. The normalized spacial score (nSPS) is 22.7. The van der Waals surface area contributed by atoms with E-state index in [0.29, 0.717) is 0 Å². The molecule has 0 bridgehead atoms. The van der Waals surface area contributed by atoms with E-state index in [9.17, 15) is 4.79 Å². The summed E-state index contributed by atoms with van der Waals surface area (Å²) >= 11 is 0. The average molecular weight is 290 g/mol. The molecule has 0 aliphatic heterocycles. The molecular formula is C16H26N4O. The smallest absolute Gasteiger partial charge is 0.224 e. The fourth-order valence-electron chi connectivity index (χ4n) is 2.79. The second-order valence-corrected chi connectivity index (χ2v) is 6.77. The Kier molecular flexibility index (Phi) is 4.80. The van der Waals surface area contributed by atoms with Crippen LogP contribution in [0.5, 0.6) is 0 Å². The van der Waals surface area contributed by atoms with E-state index >= 15 is 0 Å². The highest BCUT2D eigenvalue weighted by molar-refractivity contribution is 5.79. The molecule has 1 amide bonds. The molecule has 0 spiro atoms. The molecule has 1 aromatic heterocycles. The first-order valence-corrected chi connectivity index (χ1v) is 7.73. The van der Waals surface area contributed by atoms with Crippen LogP contribution in [0.25, 0.3) is 0 Å². The van der Waals surface area contributed by atoms with E-state index in [4.69, 9.17) is 0 Å². The molecule has 2 unspecified atom stereocenters. The second kappa shape index (κ2) is 6.41. The standard InChI is InChI=1S/C16H26N4O/c1-16(2,3)15-18-10-9-13(20-15)19-12-8-6-5-7-11(12)14(21)17-4/h9-12H,5-8H2,1-4H3,(H,17,21)(H,18,19,20). The van der Waals surface area contributed by atoms with Crippen LogP contribution in [-0.4, -0.2) is 29.0 Å². The molecule has 1 heterocycles. The van der Waals surface area contributed by atoms with Crippen LogP contribution in [0.1, 0.15) is 52.3 Å². The molecule has 2 rings (SSSR count). The van der Waals surface area contributed by atoms with Crippen molar-refractivity contribution in [3.8, 4) is 0 Å². The molecule has 116 valence electrons. The Hall–Kier alpha value is -1.65. The van der Waals surface area contributed by atoms with Gasteiger partial charge in [-0.2, -0.15) is 0 Å². The van der Waals surface area contributed by atoms with E-state index in [0.717, 1.165) is 37.3 Å². The van der Waals surface area contributed by atoms with Crippen LogP contribution in [0, 0.1) is 5.92 Å². The van der Waals surface area contributed by atoms with E-state index in [-0.39, 0.29) is 23.3 Å². The first-order valence-electron chi connectivity index (χ1n) is 7.73. The predicted octanol–water partition coefficient (Wildman–Crippen LogP) is 2.49. The molecule has 2 atom stereocenters. The Bertz CT molecular complexity index is 495. The van der Waals surface area contributed by atoms with Crippen LogP contribution in [-0.2, 0) is 10.2 Å². The molecule has 5 heteroatoms. The van der Waals surface area contributed by atoms with Gasteiger partial charge in [-0.1, -0.05) is 33.6 Å². The number of rotatable bonds is 3. The number of carbonyl (C=O) groups excluding carboxylic acids is 1. The van der Waals surface area contributed by atoms with Crippen molar-refractivity contribution in [2.45, 2.75) is 57.9 Å². The Labute approximate surface area is 127 Å². The van der Waals surface area contributed by atoms with E-state index < -0.39 is 0 Å². The maximum atomic E-state index is 12.0. The van der Waals surface area contributed by atoms with E-state index in [1.165, 1.54) is 0 Å². The third kappa shape index (κ3) is 3.93. The lowest BCUT2D eigenvalue weighted by molar-refractivity contribution is -0.125. The summed E-state index contributed by atoms with van der Waals surface area (Å²) in [6.45, 7) is 6.29. The van der Waals surface area contributed by atoms with Crippen molar-refractivity contribution in [3.05, 3.63) is 18.1 Å². The van der Waals surface area contributed by atoms with Crippen molar-refractivity contribution in [2.24, 2.45) is 5.92 Å². The molecule has 0 aromatic carbocycles. The van der Waals surface area contributed by atoms with Crippen LogP contribution in [0.2, 0.25) is 0 Å². The summed E-state index contributed by atoms with van der Waals surface area (Å²) < 4.78 is 0. The summed E-state index contributed by atoms with van der Waals surface area (Å²) in [5.41, 5.74) is -0.0789. The van der Waals surface area contributed by atoms with Crippen LogP contribution in [0.15, 0.2) is 12.3 Å². The van der Waals surface area contributed by atoms with Gasteiger partial charge in [-0.25, -0.2) is 9.97 Å². The summed E-state index contributed by atoms with van der Waals surface area (Å²) in [4.78, 5) is 21.0. The number of aromatic nitrogens is 2. The third-order valence-electron chi connectivity index (χ3n) is 4.01. The summed E-state index contributed by atoms with van der Waals surface area (Å²) in [6.07, 6.45) is 6.00. The first kappa shape index (κ1) is 15.7. The first-order chi connectivity index (χ1) is 9.91. The number of carbonyl (C=O) groups is 1. The third-order valence-corrected chi connectivity index (χ3v) is 4.01. The Morgan fingerprint density at radius 2 is 2.00 bits per heavy atom. The van der Waals surface area contributed by atoms with Crippen LogP contribution in [0.3, 0.4) is 0 Å². The molecule has 1 aliphatic rings. The quantitative estimate of drug-likeness (QED) is 0.897. The number of amides is 1. The van der Waals surface area contributed by atoms with Crippen molar-refractivity contribution in [2.75, 3.05) is 12.4 Å². The number of anilines is 1. The minimum absolute atomic E-state index is 0.0248. The van der Waals surface area contributed by atoms with E-state index in [1.807, 2.05) is 6.07 Å². The fourth-order valence-corrected chi connectivity index (χ4v) is 2.79. The predicted molar refractivity (Wildman–Crippen MR) is 84.2 cm³/mol. The molecule has 1 fully saturated rings. The lowest BCUT2D eigenvalue weighted by Gasteiger charge is -2.31. The molecule has 1 saturated carbocycles. The maximum absolute atomic E-state index is 12.0. The second-order valence-electron chi connectivity index (χ2n) is 6.77. The SMILES string of the molecule is CNC(=O)C1CCCCC1Nc1ccnc(C(C)(C)C)n1. The van der Waals surface area contributed by atoms with Crippen molar-refractivity contribution in [3.63, 3.8) is 0 Å². The summed E-state index contributed by atoms with van der Waals surface area (Å²) in [7, 11) is 1.70. The molecule has 1 aliphatic carbocycles. The van der Waals surface area contributed by atoms with E-state index in [1.54, 1.807) is 13.2 Å². The Balaban J connectivity index is 2.14. The molecule has 0 saturated heterocycles. The molecular weight excluding hydrogens is 264 g/mol. The summed E-state index contributed by atoms with van der Waals surface area (Å²) in [5.74, 6) is 1.78. The van der Waals surface area contributed by atoms with Crippen molar-refractivity contribution < 1.29 is 4.79 Å². The number of nitrogens with one attached hydrogen (secondary N) is 2. The van der Waals surface area contributed by atoms with Crippen molar-refractivity contribution in [1.82, 2.24) is 15.3 Å². The van der Waals surface area contributed by atoms with Gasteiger partial charge in [-0.15, -0.1) is 0 Å². The highest BCUT2D eigenvalue weighted by atomic mass is 16.1. The van der Waals surface area contributed by atoms with Gasteiger partial charge in [0.25, 0.3) is 0 Å². The van der Waals surface area contributed by atoms with Gasteiger partial charge in [-0.05, 0) is 18.9 Å². The zero-order valence-electron chi connectivity index (χ0n) is 13.4. The van der Waals surface area contributed by atoms with E-state index in [2.05, 4.69) is 41.4 Å². The van der Waals surface area contributed by atoms with Gasteiger partial charge in [0, 0.05) is 24.7 Å². The van der Waals surface area contributed by atoms with Gasteiger partial charge in [0.2, 0.25) is 5.91 Å². The zero-order valence-corrected chi connectivity index (χ0v) is 13.4. The van der Waals surface area contributed by atoms with Gasteiger partial charge < -0.3 is 10.6 Å². The van der Waals surface area contributed by atoms with Gasteiger partial charge >= 0.3 is 0 Å². The summed E-state index contributed by atoms with van der Waals surface area (Å²) in [5, 5.41) is 6.22. The van der Waals surface area contributed by atoms with Gasteiger partial charge in [0.15, 0.2) is 0 Å². The van der Waals surface area contributed by atoms with Crippen molar-refractivity contribution in [1.29, 1.82) is 0 Å². The van der Waals surface area contributed by atoms with Gasteiger partial charge in [-0.3, -0.25) is 4.79 Å². The van der Waals surface area contributed by atoms with Crippen LogP contribution >= 0.6 is 0 Å². The lowest BCUT2D eigenvalue weighted by Crippen LogP contribution is -2.42. The number of nitrogens with zero attached hydrogens (tertiary/aromatic N) is 2. The molecule has 2 N–H and O–H groups in total. The Morgan fingerprint density at radius 3 is 2.67 bits per heavy atom. The maximum Gasteiger partial charge on any atom is 0.224 e. The number of hydrogen-bond acceptors (Lipinski definition) is 4. The number of hydrogen-bond donors (Lipinski definition) is 2. The van der Waals surface area contributed by atoms with Crippen molar-refractivity contribution >= 4 is 11.7 Å². The van der Waals surface area contributed by atoms with Gasteiger partial charge in [0.1, 0.15) is 11.6 Å². The minimum atomic E-state index is -0.0789. The van der Waals surface area contributed by atoms with Crippen LogP contribution < -0.4 is 10.6 Å². The van der Waals surface area contributed by atoms with Crippen LogP contribution in [0.4, 0.5) is 5.82 Å². The monoisotopic (exact) mass is 290 g/mol. The molecule has 1 aromatic rings. The Morgan fingerprint density at radius 1 is 1.29 bits per heavy atom. The average Bonchev–Trinajstić information content (AvgIpc) is 2.46. The minimum Gasteiger partial charge on any atom is -0.366 e. The topological polar surface area (TPSA) is 66.9 Å². The lowest BCUT2D eigenvalue weighted by atomic mass is 9.84. The highest BCUT2D eigenvalue weighted by Gasteiger charge is 2.30. The largest absolute Gasteiger partial charge is 0.366 e. The molecule has 5 nitrogen and oxygen atoms in total. The molecule has 0 radical (unpaired) electrons. The van der Waals surface area contributed by atoms with Gasteiger partial charge in [0.05, 0.1) is 5.92 Å².